The molecule has 0 saturated carbocycles. The fraction of sp³-hybridized carbons (Fsp3) is 0.500. The van der Waals surface area contributed by atoms with E-state index in [1.54, 1.807) is 0 Å². The molecule has 1 aromatic heterocycles. The van der Waals surface area contributed by atoms with Crippen molar-refractivity contribution in [2.75, 3.05) is 44.6 Å². The molecular weight excluding hydrogens is 381 g/mol. The number of anilines is 1. The van der Waals surface area contributed by atoms with Crippen LogP contribution in [0.3, 0.4) is 0 Å². The minimum Gasteiger partial charge on any atom is -0.333 e. The highest BCUT2D eigenvalue weighted by atomic mass is 35.5. The summed E-state index contributed by atoms with van der Waals surface area (Å²) < 4.78 is 15.4. The molecule has 0 atom stereocenters. The van der Waals surface area contributed by atoms with Crippen LogP contribution in [0.25, 0.3) is 0 Å². The van der Waals surface area contributed by atoms with Crippen molar-refractivity contribution in [2.24, 2.45) is 0 Å². The lowest BCUT2D eigenvalue weighted by Crippen LogP contribution is -2.49. The summed E-state index contributed by atoms with van der Waals surface area (Å²) in [5.74, 6) is 0.931. The van der Waals surface area contributed by atoms with Crippen molar-refractivity contribution < 1.29 is 9.18 Å². The van der Waals surface area contributed by atoms with Crippen molar-refractivity contribution in [3.8, 4) is 0 Å². The number of carbonyl (C=O) groups excluding carboxylic acids is 1. The first-order valence-corrected chi connectivity index (χ1v) is 10.0. The van der Waals surface area contributed by atoms with E-state index in [2.05, 4.69) is 38.5 Å². The summed E-state index contributed by atoms with van der Waals surface area (Å²) in [5.41, 5.74) is 0.510. The number of piperazine rings is 1. The number of imidazole rings is 1. The summed E-state index contributed by atoms with van der Waals surface area (Å²) in [7, 11) is 0. The van der Waals surface area contributed by atoms with Crippen LogP contribution in [-0.2, 0) is 11.3 Å². The van der Waals surface area contributed by atoms with E-state index in [0.29, 0.717) is 18.2 Å². The number of amides is 1. The molecule has 1 aliphatic heterocycles. The molecule has 1 aromatic carbocycles. The van der Waals surface area contributed by atoms with Gasteiger partial charge in [0.2, 0.25) is 5.91 Å². The fourth-order valence-electron chi connectivity index (χ4n) is 3.41. The molecule has 28 heavy (non-hydrogen) atoms. The maximum absolute atomic E-state index is 13.2. The van der Waals surface area contributed by atoms with Gasteiger partial charge in [0.05, 0.1) is 11.6 Å². The van der Waals surface area contributed by atoms with Crippen molar-refractivity contribution in [1.29, 1.82) is 0 Å². The molecule has 152 valence electrons. The zero-order valence-electron chi connectivity index (χ0n) is 16.4. The van der Waals surface area contributed by atoms with Crippen LogP contribution >= 0.6 is 11.6 Å². The van der Waals surface area contributed by atoms with Crippen LogP contribution in [0, 0.1) is 5.82 Å². The number of nitrogens with zero attached hydrogens (tertiary/aromatic N) is 4. The molecule has 2 aromatic rings. The summed E-state index contributed by atoms with van der Waals surface area (Å²) in [6.45, 7) is 10.1. The standard InChI is InChI=1S/C20H27ClFN5O/c1-15(2)20-23-5-6-27(20)12-11-25-7-9-26(10-8-25)14-19(28)24-16-3-4-18(22)17(21)13-16/h3-6,13,15H,7-12,14H2,1-2H3,(H,24,28). The maximum Gasteiger partial charge on any atom is 0.238 e. The second kappa shape index (κ2) is 9.49. The number of aromatic nitrogens is 2. The average molecular weight is 408 g/mol. The van der Waals surface area contributed by atoms with Gasteiger partial charge in [0.15, 0.2) is 0 Å². The van der Waals surface area contributed by atoms with Crippen LogP contribution in [0.4, 0.5) is 10.1 Å². The van der Waals surface area contributed by atoms with Crippen LogP contribution < -0.4 is 5.32 Å². The molecule has 8 heteroatoms. The largest absolute Gasteiger partial charge is 0.333 e. The summed E-state index contributed by atoms with van der Waals surface area (Å²) in [6, 6.07) is 4.19. The second-order valence-corrected chi connectivity index (χ2v) is 7.84. The number of hydrogen-bond donors (Lipinski definition) is 1. The van der Waals surface area contributed by atoms with Crippen LogP contribution in [0.15, 0.2) is 30.6 Å². The molecule has 1 fully saturated rings. The van der Waals surface area contributed by atoms with Gasteiger partial charge in [-0.3, -0.25) is 14.6 Å². The van der Waals surface area contributed by atoms with Gasteiger partial charge in [-0.2, -0.15) is 0 Å². The Morgan fingerprint density at radius 1 is 1.21 bits per heavy atom. The number of carbonyl (C=O) groups is 1. The molecular formula is C20H27ClFN5O. The number of nitrogens with one attached hydrogen (secondary N) is 1. The highest BCUT2D eigenvalue weighted by molar-refractivity contribution is 6.31. The smallest absolute Gasteiger partial charge is 0.238 e. The Kier molecular flexibility index (Phi) is 7.04. The first-order valence-electron chi connectivity index (χ1n) is 9.63. The monoisotopic (exact) mass is 407 g/mol. The van der Waals surface area contributed by atoms with Gasteiger partial charge in [-0.1, -0.05) is 25.4 Å². The van der Waals surface area contributed by atoms with Gasteiger partial charge < -0.3 is 9.88 Å². The minimum atomic E-state index is -0.494. The van der Waals surface area contributed by atoms with Crippen LogP contribution in [0.1, 0.15) is 25.6 Å². The molecule has 1 amide bonds. The molecule has 0 bridgehead atoms. The normalized spacial score (nSPS) is 15.9. The van der Waals surface area contributed by atoms with Gasteiger partial charge >= 0.3 is 0 Å². The van der Waals surface area contributed by atoms with Crippen molar-refractivity contribution >= 4 is 23.2 Å². The summed E-state index contributed by atoms with van der Waals surface area (Å²) in [6.07, 6.45) is 3.90. The second-order valence-electron chi connectivity index (χ2n) is 7.43. The number of benzene rings is 1. The van der Waals surface area contributed by atoms with E-state index < -0.39 is 5.82 Å². The summed E-state index contributed by atoms with van der Waals surface area (Å²) >= 11 is 5.75. The Labute approximate surface area is 170 Å². The quantitative estimate of drug-likeness (QED) is 0.766. The summed E-state index contributed by atoms with van der Waals surface area (Å²) in [5, 5.41) is 2.78. The van der Waals surface area contributed by atoms with Gasteiger partial charge in [-0.05, 0) is 18.2 Å². The Morgan fingerprint density at radius 2 is 1.93 bits per heavy atom. The van der Waals surface area contributed by atoms with E-state index in [0.717, 1.165) is 45.1 Å². The molecule has 1 N–H and O–H groups in total. The van der Waals surface area contributed by atoms with Crippen molar-refractivity contribution in [3.05, 3.63) is 47.3 Å². The zero-order valence-corrected chi connectivity index (χ0v) is 17.1. The first-order chi connectivity index (χ1) is 13.4. The molecule has 2 heterocycles. The average Bonchev–Trinajstić information content (AvgIpc) is 3.13. The van der Waals surface area contributed by atoms with Crippen LogP contribution in [0.5, 0.6) is 0 Å². The van der Waals surface area contributed by atoms with E-state index >= 15 is 0 Å². The molecule has 1 saturated heterocycles. The van der Waals surface area contributed by atoms with Gasteiger partial charge in [0.1, 0.15) is 11.6 Å². The Balaban J connectivity index is 1.40. The minimum absolute atomic E-state index is 0.00457. The zero-order chi connectivity index (χ0) is 20.1. The van der Waals surface area contributed by atoms with E-state index in [9.17, 15) is 9.18 Å². The molecule has 0 aliphatic carbocycles. The van der Waals surface area contributed by atoms with Crippen molar-refractivity contribution in [2.45, 2.75) is 26.3 Å². The fourth-order valence-corrected chi connectivity index (χ4v) is 3.59. The predicted octanol–water partition coefficient (Wildman–Crippen LogP) is 3.06. The number of halogens is 2. The Hall–Kier alpha value is -1.96. The third-order valence-corrected chi connectivity index (χ3v) is 5.25. The topological polar surface area (TPSA) is 53.4 Å². The van der Waals surface area contributed by atoms with Crippen LogP contribution in [0.2, 0.25) is 5.02 Å². The van der Waals surface area contributed by atoms with E-state index in [1.807, 2.05) is 12.4 Å². The van der Waals surface area contributed by atoms with Crippen molar-refractivity contribution in [1.82, 2.24) is 19.4 Å². The van der Waals surface area contributed by atoms with Crippen LogP contribution in [-0.4, -0.2) is 64.5 Å². The molecule has 1 aliphatic rings. The van der Waals surface area contributed by atoms with Gasteiger partial charge in [-0.25, -0.2) is 9.37 Å². The molecule has 0 radical (unpaired) electrons. The Bertz CT molecular complexity index is 802. The lowest BCUT2D eigenvalue weighted by atomic mass is 10.2. The van der Waals surface area contributed by atoms with Gasteiger partial charge in [-0.15, -0.1) is 0 Å². The molecule has 0 unspecified atom stereocenters. The maximum atomic E-state index is 13.2. The van der Waals surface area contributed by atoms with E-state index in [-0.39, 0.29) is 10.9 Å². The van der Waals surface area contributed by atoms with E-state index in [4.69, 9.17) is 11.6 Å². The highest BCUT2D eigenvalue weighted by Gasteiger charge is 2.19. The summed E-state index contributed by atoms with van der Waals surface area (Å²) in [4.78, 5) is 21.2. The van der Waals surface area contributed by atoms with E-state index in [1.165, 1.54) is 18.2 Å². The third kappa shape index (κ3) is 5.53. The first kappa shape index (κ1) is 20.8. The lowest BCUT2D eigenvalue weighted by Gasteiger charge is -2.34. The van der Waals surface area contributed by atoms with Gasteiger partial charge in [0.25, 0.3) is 0 Å². The number of rotatable bonds is 7. The third-order valence-electron chi connectivity index (χ3n) is 4.96. The molecule has 6 nitrogen and oxygen atoms in total. The Morgan fingerprint density at radius 3 is 2.61 bits per heavy atom. The molecule has 3 rings (SSSR count). The SMILES string of the molecule is CC(C)c1nccn1CCN1CCN(CC(=O)Nc2ccc(F)c(Cl)c2)CC1. The lowest BCUT2D eigenvalue weighted by molar-refractivity contribution is -0.117. The highest BCUT2D eigenvalue weighted by Crippen LogP contribution is 2.19. The van der Waals surface area contributed by atoms with Crippen molar-refractivity contribution in [3.63, 3.8) is 0 Å². The number of hydrogen-bond acceptors (Lipinski definition) is 4. The van der Waals surface area contributed by atoms with Gasteiger partial charge in [0, 0.05) is 63.3 Å². The predicted molar refractivity (Wildman–Crippen MR) is 109 cm³/mol. The molecule has 0 spiro atoms.